The molecule has 0 bridgehead atoms. The highest BCUT2D eigenvalue weighted by Crippen LogP contribution is 2.46. The van der Waals surface area contributed by atoms with Crippen molar-refractivity contribution in [2.45, 2.75) is 6.42 Å². The van der Waals surface area contributed by atoms with Crippen LogP contribution in [0.3, 0.4) is 0 Å². The SMILES string of the molecule is Clc1ccc2c(c1-c1ccc(N3CCOCC3)cc1)C1=CC=CCC1=N2. The van der Waals surface area contributed by atoms with E-state index in [1.807, 2.05) is 12.1 Å². The second-order valence-corrected chi connectivity index (χ2v) is 7.14. The topological polar surface area (TPSA) is 24.8 Å². The van der Waals surface area contributed by atoms with Crippen molar-refractivity contribution in [1.29, 1.82) is 0 Å². The standard InChI is InChI=1S/C22H19ClN2O/c23-18-9-10-20-22(17-3-1-2-4-19(17)24-20)21(18)15-5-7-16(8-6-15)25-11-13-26-14-12-25/h1-3,5-10H,4,11-14H2. The zero-order chi connectivity index (χ0) is 17.5. The Morgan fingerprint density at radius 2 is 1.77 bits per heavy atom. The summed E-state index contributed by atoms with van der Waals surface area (Å²) in [4.78, 5) is 7.17. The molecule has 130 valence electrons. The minimum Gasteiger partial charge on any atom is -0.378 e. The lowest BCUT2D eigenvalue weighted by molar-refractivity contribution is 0.122. The van der Waals surface area contributed by atoms with E-state index in [0.29, 0.717) is 0 Å². The quantitative estimate of drug-likeness (QED) is 0.726. The van der Waals surface area contributed by atoms with E-state index in [1.165, 1.54) is 11.3 Å². The largest absolute Gasteiger partial charge is 0.378 e. The van der Waals surface area contributed by atoms with Crippen LogP contribution in [0.15, 0.2) is 59.6 Å². The number of fused-ring (bicyclic) bond motifs is 3. The first-order chi connectivity index (χ1) is 12.8. The van der Waals surface area contributed by atoms with E-state index in [4.69, 9.17) is 21.3 Å². The van der Waals surface area contributed by atoms with E-state index in [-0.39, 0.29) is 0 Å². The van der Waals surface area contributed by atoms with E-state index in [0.717, 1.165) is 65.8 Å². The van der Waals surface area contributed by atoms with Crippen LogP contribution in [0.25, 0.3) is 16.7 Å². The Hall–Kier alpha value is -2.36. The van der Waals surface area contributed by atoms with Gasteiger partial charge in [0.15, 0.2) is 0 Å². The van der Waals surface area contributed by atoms with Gasteiger partial charge in [0.2, 0.25) is 0 Å². The highest BCUT2D eigenvalue weighted by Gasteiger charge is 2.26. The molecule has 2 aromatic rings. The summed E-state index contributed by atoms with van der Waals surface area (Å²) in [5, 5.41) is 0.773. The van der Waals surface area contributed by atoms with Crippen molar-refractivity contribution in [3.63, 3.8) is 0 Å². The molecule has 0 saturated carbocycles. The molecule has 0 unspecified atom stereocenters. The Morgan fingerprint density at radius 1 is 0.962 bits per heavy atom. The summed E-state index contributed by atoms with van der Waals surface area (Å²) in [6.07, 6.45) is 7.28. The van der Waals surface area contributed by atoms with E-state index in [9.17, 15) is 0 Å². The summed E-state index contributed by atoms with van der Waals surface area (Å²) >= 11 is 6.64. The van der Waals surface area contributed by atoms with Gasteiger partial charge in [-0.15, -0.1) is 0 Å². The Balaban J connectivity index is 1.56. The van der Waals surface area contributed by atoms with Gasteiger partial charge in [-0.2, -0.15) is 0 Å². The van der Waals surface area contributed by atoms with Gasteiger partial charge in [-0.05, 0) is 29.8 Å². The summed E-state index contributed by atoms with van der Waals surface area (Å²) in [6.45, 7) is 3.47. The van der Waals surface area contributed by atoms with Crippen molar-refractivity contribution in [1.82, 2.24) is 0 Å². The molecule has 1 saturated heterocycles. The van der Waals surface area contributed by atoms with E-state index >= 15 is 0 Å². The molecule has 3 nitrogen and oxygen atoms in total. The molecular weight excluding hydrogens is 344 g/mol. The first kappa shape index (κ1) is 15.9. The lowest BCUT2D eigenvalue weighted by Crippen LogP contribution is -2.36. The minimum absolute atomic E-state index is 0.773. The molecule has 0 N–H and O–H groups in total. The molecule has 0 spiro atoms. The van der Waals surface area contributed by atoms with Gasteiger partial charge in [-0.3, -0.25) is 4.99 Å². The van der Waals surface area contributed by atoms with Crippen molar-refractivity contribution < 1.29 is 4.74 Å². The number of anilines is 1. The molecular formula is C22H19ClN2O. The van der Waals surface area contributed by atoms with Crippen LogP contribution in [-0.4, -0.2) is 32.0 Å². The molecule has 0 radical (unpaired) electrons. The fourth-order valence-corrected chi connectivity index (χ4v) is 4.17. The lowest BCUT2D eigenvalue weighted by atomic mass is 9.90. The predicted octanol–water partition coefficient (Wildman–Crippen LogP) is 5.27. The number of hydrogen-bond donors (Lipinski definition) is 0. The third-order valence-electron chi connectivity index (χ3n) is 5.21. The van der Waals surface area contributed by atoms with Crippen molar-refractivity contribution in [3.05, 3.63) is 65.2 Å². The Bertz CT molecular complexity index is 951. The van der Waals surface area contributed by atoms with Crippen molar-refractivity contribution in [3.8, 4) is 11.1 Å². The maximum atomic E-state index is 6.64. The molecule has 1 aliphatic carbocycles. The monoisotopic (exact) mass is 362 g/mol. The predicted molar refractivity (Wildman–Crippen MR) is 109 cm³/mol. The van der Waals surface area contributed by atoms with Gasteiger partial charge in [-0.1, -0.05) is 42.0 Å². The highest BCUT2D eigenvalue weighted by molar-refractivity contribution is 6.37. The van der Waals surface area contributed by atoms with Gasteiger partial charge in [0.1, 0.15) is 0 Å². The zero-order valence-electron chi connectivity index (χ0n) is 14.4. The Morgan fingerprint density at radius 3 is 2.58 bits per heavy atom. The molecule has 26 heavy (non-hydrogen) atoms. The number of aliphatic imine (C=N–C) groups is 1. The molecule has 2 aliphatic heterocycles. The number of rotatable bonds is 2. The average Bonchev–Trinajstić information content (AvgIpc) is 3.08. The van der Waals surface area contributed by atoms with Crippen molar-refractivity contribution in [2.24, 2.45) is 4.99 Å². The van der Waals surface area contributed by atoms with E-state index in [1.54, 1.807) is 0 Å². The fraction of sp³-hybridized carbons (Fsp3) is 0.227. The van der Waals surface area contributed by atoms with Gasteiger partial charge < -0.3 is 9.64 Å². The summed E-state index contributed by atoms with van der Waals surface area (Å²) in [7, 11) is 0. The third kappa shape index (κ3) is 2.59. The summed E-state index contributed by atoms with van der Waals surface area (Å²) in [5.41, 5.74) is 7.97. The smallest absolute Gasteiger partial charge is 0.0719 e. The number of benzene rings is 2. The van der Waals surface area contributed by atoms with Crippen LogP contribution in [-0.2, 0) is 4.74 Å². The highest BCUT2D eigenvalue weighted by atomic mass is 35.5. The number of ether oxygens (including phenoxy) is 1. The van der Waals surface area contributed by atoms with Crippen molar-refractivity contribution in [2.75, 3.05) is 31.2 Å². The van der Waals surface area contributed by atoms with Gasteiger partial charge in [0, 0.05) is 46.9 Å². The molecule has 2 aromatic carbocycles. The molecule has 1 fully saturated rings. The number of halogens is 1. The first-order valence-electron chi connectivity index (χ1n) is 9.02. The molecule has 4 heteroatoms. The van der Waals surface area contributed by atoms with E-state index in [2.05, 4.69) is 47.4 Å². The molecule has 2 heterocycles. The molecule has 0 atom stereocenters. The Labute approximate surface area is 158 Å². The van der Waals surface area contributed by atoms with Crippen molar-refractivity contribution >= 4 is 34.3 Å². The maximum absolute atomic E-state index is 6.64. The third-order valence-corrected chi connectivity index (χ3v) is 5.53. The van der Waals surface area contributed by atoms with Crippen LogP contribution < -0.4 is 4.90 Å². The van der Waals surface area contributed by atoms with Gasteiger partial charge >= 0.3 is 0 Å². The molecule has 5 rings (SSSR count). The second-order valence-electron chi connectivity index (χ2n) is 6.73. The average molecular weight is 363 g/mol. The van der Waals surface area contributed by atoms with Crippen LogP contribution in [0.1, 0.15) is 12.0 Å². The Kier molecular flexibility index (Phi) is 3.92. The minimum atomic E-state index is 0.773. The first-order valence-corrected chi connectivity index (χ1v) is 9.40. The molecule has 3 aliphatic rings. The lowest BCUT2D eigenvalue weighted by Gasteiger charge is -2.29. The number of hydrogen-bond acceptors (Lipinski definition) is 3. The van der Waals surface area contributed by atoms with Gasteiger partial charge in [-0.25, -0.2) is 0 Å². The molecule has 0 amide bonds. The normalized spacial score (nSPS) is 18.3. The van der Waals surface area contributed by atoms with Crippen LogP contribution in [0.5, 0.6) is 0 Å². The number of allylic oxidation sites excluding steroid dienone is 4. The number of morpholine rings is 1. The maximum Gasteiger partial charge on any atom is 0.0719 e. The summed E-state index contributed by atoms with van der Waals surface area (Å²) in [6, 6.07) is 12.7. The second kappa shape index (κ2) is 6.42. The summed E-state index contributed by atoms with van der Waals surface area (Å²) in [5.74, 6) is 0. The summed E-state index contributed by atoms with van der Waals surface area (Å²) < 4.78 is 5.45. The van der Waals surface area contributed by atoms with Crippen LogP contribution >= 0.6 is 11.6 Å². The van der Waals surface area contributed by atoms with E-state index < -0.39 is 0 Å². The van der Waals surface area contributed by atoms with Gasteiger partial charge in [0.25, 0.3) is 0 Å². The van der Waals surface area contributed by atoms with Crippen LogP contribution in [0, 0.1) is 0 Å². The fourth-order valence-electron chi connectivity index (χ4n) is 3.90. The zero-order valence-corrected chi connectivity index (χ0v) is 15.2. The van der Waals surface area contributed by atoms with Gasteiger partial charge in [0.05, 0.1) is 24.6 Å². The van der Waals surface area contributed by atoms with Crippen LogP contribution in [0.2, 0.25) is 5.02 Å². The molecule has 0 aromatic heterocycles. The number of nitrogens with zero attached hydrogens (tertiary/aromatic N) is 2. The van der Waals surface area contributed by atoms with Crippen LogP contribution in [0.4, 0.5) is 11.4 Å².